The fourth-order valence-corrected chi connectivity index (χ4v) is 5.54. The summed E-state index contributed by atoms with van der Waals surface area (Å²) >= 11 is 13.8. The van der Waals surface area contributed by atoms with Crippen LogP contribution in [0.4, 0.5) is 5.69 Å². The largest absolute Gasteiger partial charge is 0.459 e. The predicted molar refractivity (Wildman–Crippen MR) is 155 cm³/mol. The van der Waals surface area contributed by atoms with Crippen LogP contribution in [0.5, 0.6) is 0 Å². The summed E-state index contributed by atoms with van der Waals surface area (Å²) in [6.07, 6.45) is 1.69. The minimum Gasteiger partial charge on any atom is -0.459 e. The van der Waals surface area contributed by atoms with E-state index in [1.807, 2.05) is 73.6 Å². The Morgan fingerprint density at radius 2 is 1.66 bits per heavy atom. The summed E-state index contributed by atoms with van der Waals surface area (Å²) in [5, 5.41) is 5.48. The van der Waals surface area contributed by atoms with E-state index in [4.69, 9.17) is 27.9 Å². The van der Waals surface area contributed by atoms with Gasteiger partial charge in [-0.3, -0.25) is 14.6 Å². The predicted octanol–water partition coefficient (Wildman–Crippen LogP) is 7.33. The second-order valence-corrected chi connectivity index (χ2v) is 11.5. The van der Waals surface area contributed by atoms with Gasteiger partial charge in [0, 0.05) is 32.1 Å². The number of nitrogens with zero attached hydrogens (tertiary/aromatic N) is 2. The summed E-state index contributed by atoms with van der Waals surface area (Å²) in [7, 11) is 0. The molecule has 38 heavy (non-hydrogen) atoms. The summed E-state index contributed by atoms with van der Waals surface area (Å²) < 4.78 is 7.43. The lowest BCUT2D eigenvalue weighted by atomic mass is 10.0. The molecule has 0 aliphatic heterocycles. The molecule has 0 bridgehead atoms. The Morgan fingerprint density at radius 3 is 2.34 bits per heavy atom. The van der Waals surface area contributed by atoms with Gasteiger partial charge < -0.3 is 14.4 Å². The number of hydrogen-bond donors (Lipinski definition) is 1. The fraction of sp³-hybridized carbons (Fsp3) is 0.207. The Labute approximate surface area is 236 Å². The highest BCUT2D eigenvalue weighted by Crippen LogP contribution is 2.37. The molecule has 1 aromatic heterocycles. The fourth-order valence-electron chi connectivity index (χ4n) is 3.84. The lowest BCUT2D eigenvalue weighted by Crippen LogP contribution is -2.31. The number of nitrogens with one attached hydrogen (secondary N) is 1. The number of carbonyl (C=O) groups excluding carboxylic acids is 2. The van der Waals surface area contributed by atoms with Crippen LogP contribution in [0.25, 0.3) is 10.8 Å². The maximum absolute atomic E-state index is 13.2. The van der Waals surface area contributed by atoms with E-state index in [1.165, 1.54) is 11.9 Å². The van der Waals surface area contributed by atoms with Crippen molar-refractivity contribution < 1.29 is 14.3 Å². The van der Waals surface area contributed by atoms with Crippen molar-refractivity contribution in [2.75, 3.05) is 10.8 Å². The molecule has 0 aliphatic rings. The lowest BCUT2D eigenvalue weighted by Gasteiger charge is -2.27. The van der Waals surface area contributed by atoms with Crippen LogP contribution in [-0.4, -0.2) is 29.0 Å². The van der Waals surface area contributed by atoms with Gasteiger partial charge >= 0.3 is 5.97 Å². The molecule has 1 N–H and O–H groups in total. The van der Waals surface area contributed by atoms with Gasteiger partial charge in [-0.15, -0.1) is 0 Å². The van der Waals surface area contributed by atoms with Crippen LogP contribution in [-0.2, 0) is 16.1 Å². The third kappa shape index (κ3) is 7.40. The summed E-state index contributed by atoms with van der Waals surface area (Å²) in [5.41, 5.74) is 1.40. The molecule has 1 heterocycles. The van der Waals surface area contributed by atoms with Gasteiger partial charge in [-0.25, -0.2) is 0 Å². The molecule has 0 atom stereocenters. The van der Waals surface area contributed by atoms with E-state index < -0.39 is 5.60 Å². The van der Waals surface area contributed by atoms with E-state index in [1.54, 1.807) is 30.5 Å². The minimum absolute atomic E-state index is 0.0404. The van der Waals surface area contributed by atoms with Crippen LogP contribution in [0.1, 0.15) is 36.8 Å². The van der Waals surface area contributed by atoms with Crippen molar-refractivity contribution in [3.8, 4) is 0 Å². The molecular weight excluding hydrogens is 541 g/mol. The highest BCUT2D eigenvalue weighted by molar-refractivity contribution is 8.00. The van der Waals surface area contributed by atoms with E-state index >= 15 is 0 Å². The average Bonchev–Trinajstić information content (AvgIpc) is 2.85. The van der Waals surface area contributed by atoms with Crippen LogP contribution in [0, 0.1) is 0 Å². The summed E-state index contributed by atoms with van der Waals surface area (Å²) in [6, 6.07) is 22.0. The van der Waals surface area contributed by atoms with Crippen molar-refractivity contribution in [2.24, 2.45) is 0 Å². The van der Waals surface area contributed by atoms with Gasteiger partial charge in [0.15, 0.2) is 0 Å². The average molecular weight is 569 g/mol. The Balaban J connectivity index is 1.69. The van der Waals surface area contributed by atoms with Gasteiger partial charge in [-0.1, -0.05) is 53.5 Å². The van der Waals surface area contributed by atoms with Crippen LogP contribution in [0.2, 0.25) is 10.0 Å². The maximum atomic E-state index is 13.2. The van der Waals surface area contributed by atoms with Crippen molar-refractivity contribution in [3.63, 3.8) is 0 Å². The number of rotatable bonds is 8. The van der Waals surface area contributed by atoms with E-state index in [0.717, 1.165) is 27.0 Å². The number of carbonyl (C=O) groups is 2. The van der Waals surface area contributed by atoms with Crippen molar-refractivity contribution in [1.82, 2.24) is 10.3 Å². The molecule has 0 radical (unpaired) electrons. The Bertz CT molecular complexity index is 1440. The van der Waals surface area contributed by atoms with Crippen molar-refractivity contribution in [2.45, 2.75) is 37.8 Å². The van der Waals surface area contributed by atoms with E-state index in [2.05, 4.69) is 10.3 Å². The smallest absolute Gasteiger partial charge is 0.327 e. The number of halogens is 2. The maximum Gasteiger partial charge on any atom is 0.327 e. The van der Waals surface area contributed by atoms with E-state index in [0.29, 0.717) is 22.2 Å². The molecule has 0 unspecified atom stereocenters. The Morgan fingerprint density at radius 1 is 0.947 bits per heavy atom. The zero-order valence-corrected chi connectivity index (χ0v) is 23.5. The Hall–Kier alpha value is -3.26. The molecule has 0 aliphatic carbocycles. The normalized spacial score (nSPS) is 11.3. The zero-order chi connectivity index (χ0) is 27.3. The van der Waals surface area contributed by atoms with Crippen LogP contribution in [0.15, 0.2) is 83.9 Å². The van der Waals surface area contributed by atoms with Crippen molar-refractivity contribution >= 4 is 63.5 Å². The van der Waals surface area contributed by atoms with E-state index in [-0.39, 0.29) is 18.4 Å². The number of benzene rings is 3. The van der Waals surface area contributed by atoms with Crippen LogP contribution < -0.4 is 9.62 Å². The first-order chi connectivity index (χ1) is 18.1. The first-order valence-electron chi connectivity index (χ1n) is 11.9. The number of fused-ring (bicyclic) bond motifs is 1. The monoisotopic (exact) mass is 567 g/mol. The number of aromatic nitrogens is 1. The van der Waals surface area contributed by atoms with Gasteiger partial charge in [0.05, 0.1) is 17.9 Å². The molecule has 4 aromatic rings. The summed E-state index contributed by atoms with van der Waals surface area (Å²) in [4.78, 5) is 31.1. The number of pyridine rings is 1. The molecule has 196 valence electrons. The molecule has 3 aromatic carbocycles. The van der Waals surface area contributed by atoms with Gasteiger partial charge in [0.25, 0.3) is 5.91 Å². The van der Waals surface area contributed by atoms with Gasteiger partial charge in [0.1, 0.15) is 12.1 Å². The number of anilines is 1. The van der Waals surface area contributed by atoms with Gasteiger partial charge in [-0.2, -0.15) is 0 Å². The first-order valence-corrected chi connectivity index (χ1v) is 13.5. The summed E-state index contributed by atoms with van der Waals surface area (Å²) in [6.45, 7) is 5.75. The van der Waals surface area contributed by atoms with Crippen molar-refractivity contribution in [3.05, 3.63) is 100 Å². The Kier molecular flexibility index (Phi) is 8.82. The van der Waals surface area contributed by atoms with Crippen LogP contribution in [0.3, 0.4) is 0 Å². The SMILES string of the molecule is CC(C)(C)OC(=O)CN(Sc1cc(Cl)cc(Cl)c1)c1cccc2c(C(=O)NCc3ccccn3)cccc12. The molecule has 9 heteroatoms. The number of amides is 1. The molecule has 0 spiro atoms. The van der Waals surface area contributed by atoms with E-state index in [9.17, 15) is 9.59 Å². The highest BCUT2D eigenvalue weighted by Gasteiger charge is 2.22. The quantitative estimate of drug-likeness (QED) is 0.177. The lowest BCUT2D eigenvalue weighted by molar-refractivity contribution is -0.152. The third-order valence-corrected chi connectivity index (χ3v) is 6.74. The highest BCUT2D eigenvalue weighted by atomic mass is 35.5. The third-order valence-electron chi connectivity index (χ3n) is 5.31. The molecule has 6 nitrogen and oxygen atoms in total. The number of esters is 1. The molecule has 0 saturated carbocycles. The molecule has 0 fully saturated rings. The van der Waals surface area contributed by atoms with Gasteiger partial charge in [0.2, 0.25) is 0 Å². The zero-order valence-electron chi connectivity index (χ0n) is 21.2. The number of hydrogen-bond acceptors (Lipinski definition) is 6. The standard InChI is InChI=1S/C29H27Cl2N3O3S/c1-29(2,3)37-27(35)18-34(38-22-15-19(30)14-20(31)16-22)26-12-7-9-23-24(26)10-6-11-25(23)28(36)33-17-21-8-4-5-13-32-21/h4-16H,17-18H2,1-3H3,(H,33,36). The second kappa shape index (κ2) is 12.1. The molecular formula is C29H27Cl2N3O3S. The van der Waals surface area contributed by atoms with Gasteiger partial charge in [-0.05, 0) is 80.6 Å². The molecule has 0 saturated heterocycles. The van der Waals surface area contributed by atoms with Crippen molar-refractivity contribution in [1.29, 1.82) is 0 Å². The van der Waals surface area contributed by atoms with Crippen LogP contribution >= 0.6 is 35.1 Å². The minimum atomic E-state index is -0.635. The molecule has 4 rings (SSSR count). The summed E-state index contributed by atoms with van der Waals surface area (Å²) in [5.74, 6) is -0.606. The first kappa shape index (κ1) is 27.8. The number of ether oxygens (including phenoxy) is 1. The topological polar surface area (TPSA) is 71.5 Å². The second-order valence-electron chi connectivity index (χ2n) is 9.50. The molecule has 1 amide bonds.